The number of benzene rings is 1. The van der Waals surface area contributed by atoms with Gasteiger partial charge >= 0.3 is 0 Å². The number of hydrogen-bond donors (Lipinski definition) is 2. The van der Waals surface area contributed by atoms with E-state index in [0.29, 0.717) is 6.54 Å². The van der Waals surface area contributed by atoms with Crippen molar-refractivity contribution in [1.29, 1.82) is 0 Å². The van der Waals surface area contributed by atoms with Gasteiger partial charge in [0.05, 0.1) is 6.54 Å². The second-order valence-electron chi connectivity index (χ2n) is 4.90. The molecule has 2 rings (SSSR count). The smallest absolute Gasteiger partial charge is 0.233 e. The van der Waals surface area contributed by atoms with E-state index in [-0.39, 0.29) is 11.9 Å². The van der Waals surface area contributed by atoms with Crippen LogP contribution in [-0.4, -0.2) is 19.0 Å². The molecule has 0 saturated heterocycles. The molecule has 1 amide bonds. The zero-order valence-corrected chi connectivity index (χ0v) is 11.3. The zero-order valence-electron chi connectivity index (χ0n) is 10.6. The van der Waals surface area contributed by atoms with Gasteiger partial charge in [-0.25, -0.2) is 0 Å². The summed E-state index contributed by atoms with van der Waals surface area (Å²) in [7, 11) is 0. The Balaban J connectivity index is 1.71. The molecule has 0 aliphatic heterocycles. The lowest BCUT2D eigenvalue weighted by atomic mass is 10.1. The highest BCUT2D eigenvalue weighted by molar-refractivity contribution is 6.30. The highest BCUT2D eigenvalue weighted by atomic mass is 35.5. The van der Waals surface area contributed by atoms with Crippen LogP contribution in [0.5, 0.6) is 0 Å². The van der Waals surface area contributed by atoms with Gasteiger partial charge in [0.2, 0.25) is 5.91 Å². The number of hydrogen-bond acceptors (Lipinski definition) is 2. The van der Waals surface area contributed by atoms with E-state index < -0.39 is 0 Å². The molecule has 0 radical (unpaired) electrons. The van der Waals surface area contributed by atoms with Gasteiger partial charge in [-0.15, -0.1) is 0 Å². The fourth-order valence-corrected chi connectivity index (χ4v) is 1.88. The van der Waals surface area contributed by atoms with E-state index in [0.717, 1.165) is 23.0 Å². The highest BCUT2D eigenvalue weighted by Gasteiger charge is 2.21. The number of nitrogens with one attached hydrogen (secondary N) is 2. The van der Waals surface area contributed by atoms with Crippen LogP contribution in [0.1, 0.15) is 31.4 Å². The van der Waals surface area contributed by atoms with Gasteiger partial charge < -0.3 is 10.6 Å². The van der Waals surface area contributed by atoms with Crippen molar-refractivity contribution in [1.82, 2.24) is 10.6 Å². The summed E-state index contributed by atoms with van der Waals surface area (Å²) in [6.07, 6.45) is 2.52. The highest BCUT2D eigenvalue weighted by Crippen LogP contribution is 2.27. The zero-order chi connectivity index (χ0) is 13.0. The van der Waals surface area contributed by atoms with Crippen molar-refractivity contribution in [3.05, 3.63) is 34.9 Å². The fraction of sp³-hybridized carbons (Fsp3) is 0.500. The maximum atomic E-state index is 11.6. The van der Waals surface area contributed by atoms with Crippen molar-refractivity contribution in [2.75, 3.05) is 13.1 Å². The summed E-state index contributed by atoms with van der Waals surface area (Å²) in [5.41, 5.74) is 1.13. The largest absolute Gasteiger partial charge is 0.355 e. The Labute approximate surface area is 113 Å². The summed E-state index contributed by atoms with van der Waals surface area (Å²) in [6.45, 7) is 3.23. The second kappa shape index (κ2) is 6.21. The first-order chi connectivity index (χ1) is 8.65. The second-order valence-corrected chi connectivity index (χ2v) is 5.34. The standard InChI is InChI=1S/C14H19ClN2O/c1-10(12-4-6-13(15)7-5-12)16-9-14(18)17-8-11-2-3-11/h4-7,10-11,16H,2-3,8-9H2,1H3,(H,17,18)/t10-/m1/s1. The molecule has 0 aromatic heterocycles. The summed E-state index contributed by atoms with van der Waals surface area (Å²) in [4.78, 5) is 11.6. The molecule has 2 N–H and O–H groups in total. The molecule has 1 atom stereocenters. The summed E-state index contributed by atoms with van der Waals surface area (Å²) < 4.78 is 0. The number of carbonyl (C=O) groups is 1. The van der Waals surface area contributed by atoms with Gasteiger partial charge in [0, 0.05) is 17.6 Å². The molecule has 1 aromatic carbocycles. The number of rotatable bonds is 6. The van der Waals surface area contributed by atoms with Crippen LogP contribution in [-0.2, 0) is 4.79 Å². The topological polar surface area (TPSA) is 41.1 Å². The summed E-state index contributed by atoms with van der Waals surface area (Å²) in [5.74, 6) is 0.797. The average molecular weight is 267 g/mol. The van der Waals surface area contributed by atoms with Crippen LogP contribution in [0.4, 0.5) is 0 Å². The van der Waals surface area contributed by atoms with Crippen molar-refractivity contribution in [2.45, 2.75) is 25.8 Å². The predicted molar refractivity (Wildman–Crippen MR) is 73.6 cm³/mol. The molecule has 1 saturated carbocycles. The Bertz CT molecular complexity index is 401. The molecule has 1 aromatic rings. The van der Waals surface area contributed by atoms with Crippen LogP contribution < -0.4 is 10.6 Å². The molecular weight excluding hydrogens is 248 g/mol. The van der Waals surface area contributed by atoms with Gasteiger partial charge in [-0.05, 0) is 43.4 Å². The molecule has 0 bridgehead atoms. The molecular formula is C14H19ClN2O. The number of halogens is 1. The van der Waals surface area contributed by atoms with Gasteiger partial charge in [-0.3, -0.25) is 4.79 Å². The van der Waals surface area contributed by atoms with Crippen molar-refractivity contribution >= 4 is 17.5 Å². The normalized spacial score (nSPS) is 16.3. The quantitative estimate of drug-likeness (QED) is 0.831. The molecule has 1 aliphatic rings. The molecule has 18 heavy (non-hydrogen) atoms. The minimum absolute atomic E-state index is 0.0720. The van der Waals surface area contributed by atoms with Crippen LogP contribution >= 0.6 is 11.6 Å². The van der Waals surface area contributed by atoms with Gasteiger partial charge in [-0.1, -0.05) is 23.7 Å². The molecule has 3 nitrogen and oxygen atoms in total. The molecule has 0 spiro atoms. The first-order valence-electron chi connectivity index (χ1n) is 6.40. The third-order valence-electron chi connectivity index (χ3n) is 3.22. The van der Waals surface area contributed by atoms with Crippen LogP contribution in [0.3, 0.4) is 0 Å². The van der Waals surface area contributed by atoms with E-state index >= 15 is 0 Å². The summed E-state index contributed by atoms with van der Waals surface area (Å²) in [5, 5.41) is 6.87. The number of amides is 1. The lowest BCUT2D eigenvalue weighted by molar-refractivity contribution is -0.120. The van der Waals surface area contributed by atoms with E-state index in [1.165, 1.54) is 12.8 Å². The van der Waals surface area contributed by atoms with Gasteiger partial charge in [0.1, 0.15) is 0 Å². The van der Waals surface area contributed by atoms with E-state index in [4.69, 9.17) is 11.6 Å². The Morgan fingerprint density at radius 3 is 2.67 bits per heavy atom. The lowest BCUT2D eigenvalue weighted by Gasteiger charge is -2.14. The van der Waals surface area contributed by atoms with Crippen molar-refractivity contribution < 1.29 is 4.79 Å². The molecule has 1 aliphatic carbocycles. The van der Waals surface area contributed by atoms with E-state index in [1.807, 2.05) is 31.2 Å². The SMILES string of the molecule is C[C@@H](NCC(=O)NCC1CC1)c1ccc(Cl)cc1. The molecule has 0 heterocycles. The lowest BCUT2D eigenvalue weighted by Crippen LogP contribution is -2.36. The minimum atomic E-state index is 0.0720. The Morgan fingerprint density at radius 2 is 2.06 bits per heavy atom. The monoisotopic (exact) mass is 266 g/mol. The first-order valence-corrected chi connectivity index (χ1v) is 6.78. The van der Waals surface area contributed by atoms with Crippen LogP contribution in [0.25, 0.3) is 0 Å². The maximum absolute atomic E-state index is 11.6. The average Bonchev–Trinajstić information content (AvgIpc) is 3.18. The maximum Gasteiger partial charge on any atom is 0.233 e. The number of carbonyl (C=O) groups excluding carboxylic acids is 1. The van der Waals surface area contributed by atoms with Gasteiger partial charge in [0.15, 0.2) is 0 Å². The molecule has 0 unspecified atom stereocenters. The van der Waals surface area contributed by atoms with E-state index in [9.17, 15) is 4.79 Å². The van der Waals surface area contributed by atoms with Crippen LogP contribution in [0.15, 0.2) is 24.3 Å². The Hall–Kier alpha value is -1.06. The van der Waals surface area contributed by atoms with Crippen molar-refractivity contribution in [3.63, 3.8) is 0 Å². The summed E-state index contributed by atoms with van der Waals surface area (Å²) >= 11 is 5.84. The Morgan fingerprint density at radius 1 is 1.39 bits per heavy atom. The third-order valence-corrected chi connectivity index (χ3v) is 3.48. The van der Waals surface area contributed by atoms with Crippen molar-refractivity contribution in [3.8, 4) is 0 Å². The summed E-state index contributed by atoms with van der Waals surface area (Å²) in [6, 6.07) is 7.82. The van der Waals surface area contributed by atoms with Crippen molar-refractivity contribution in [2.24, 2.45) is 5.92 Å². The Kier molecular flexibility index (Phi) is 4.61. The third kappa shape index (κ3) is 4.31. The first kappa shape index (κ1) is 13.4. The van der Waals surface area contributed by atoms with Gasteiger partial charge in [0.25, 0.3) is 0 Å². The van der Waals surface area contributed by atoms with Gasteiger partial charge in [-0.2, -0.15) is 0 Å². The minimum Gasteiger partial charge on any atom is -0.355 e. The molecule has 1 fully saturated rings. The fourth-order valence-electron chi connectivity index (χ4n) is 1.76. The van der Waals surface area contributed by atoms with Crippen LogP contribution in [0.2, 0.25) is 5.02 Å². The van der Waals surface area contributed by atoms with Crippen LogP contribution in [0, 0.1) is 5.92 Å². The van der Waals surface area contributed by atoms with E-state index in [1.54, 1.807) is 0 Å². The molecule has 98 valence electrons. The molecule has 4 heteroatoms. The van der Waals surface area contributed by atoms with E-state index in [2.05, 4.69) is 10.6 Å². The predicted octanol–water partition coefficient (Wildman–Crippen LogP) is 2.52.